The van der Waals surface area contributed by atoms with Crippen LogP contribution in [0.15, 0.2) is 24.3 Å². The molecular weight excluding hydrogens is 288 g/mol. The van der Waals surface area contributed by atoms with Crippen LogP contribution in [0.3, 0.4) is 0 Å². The number of carbonyl (C=O) groups excluding carboxylic acids is 2. The van der Waals surface area contributed by atoms with Gasteiger partial charge < -0.3 is 16.0 Å². The van der Waals surface area contributed by atoms with Gasteiger partial charge in [-0.05, 0) is 30.9 Å². The van der Waals surface area contributed by atoms with E-state index < -0.39 is 4.92 Å². The molecule has 8 heteroatoms. The van der Waals surface area contributed by atoms with Crippen LogP contribution in [0.25, 0.3) is 0 Å². The largest absolute Gasteiger partial charge is 0.370 e. The highest BCUT2D eigenvalue weighted by Crippen LogP contribution is 2.21. The second-order valence-electron chi connectivity index (χ2n) is 5.33. The van der Waals surface area contributed by atoms with E-state index in [0.29, 0.717) is 25.2 Å². The fraction of sp³-hybridized carbons (Fsp3) is 0.429. The molecule has 3 amide bonds. The monoisotopic (exact) mass is 306 g/mol. The lowest BCUT2D eigenvalue weighted by atomic mass is 9.93. The van der Waals surface area contributed by atoms with Crippen LogP contribution < -0.4 is 11.1 Å². The molecule has 0 atom stereocenters. The van der Waals surface area contributed by atoms with E-state index in [9.17, 15) is 19.7 Å². The Hall–Kier alpha value is -2.64. The predicted octanol–water partition coefficient (Wildman–Crippen LogP) is 1.71. The van der Waals surface area contributed by atoms with Gasteiger partial charge in [0, 0.05) is 37.3 Å². The summed E-state index contributed by atoms with van der Waals surface area (Å²) in [6.45, 7) is 1.13. The van der Waals surface area contributed by atoms with Crippen LogP contribution in [-0.4, -0.2) is 34.9 Å². The Bertz CT molecular complexity index is 565. The molecule has 0 bridgehead atoms. The summed E-state index contributed by atoms with van der Waals surface area (Å²) >= 11 is 0. The maximum absolute atomic E-state index is 12.1. The van der Waals surface area contributed by atoms with Crippen LogP contribution >= 0.6 is 0 Å². The second kappa shape index (κ2) is 6.88. The molecule has 1 saturated heterocycles. The number of anilines is 1. The quantitative estimate of drug-likeness (QED) is 0.650. The van der Waals surface area contributed by atoms with Crippen molar-refractivity contribution in [1.29, 1.82) is 0 Å². The summed E-state index contributed by atoms with van der Waals surface area (Å²) in [4.78, 5) is 34.7. The van der Waals surface area contributed by atoms with Crippen LogP contribution in [0.5, 0.6) is 0 Å². The van der Waals surface area contributed by atoms with Crippen molar-refractivity contribution in [3.63, 3.8) is 0 Å². The number of amides is 3. The minimum atomic E-state index is -0.491. The van der Waals surface area contributed by atoms with E-state index in [0.717, 1.165) is 12.8 Å². The molecule has 2 rings (SSSR count). The Kier molecular flexibility index (Phi) is 4.92. The first-order valence-electron chi connectivity index (χ1n) is 7.04. The number of carbonyl (C=O) groups is 2. The van der Waals surface area contributed by atoms with Crippen LogP contribution in [-0.2, 0) is 4.79 Å². The number of non-ortho nitro benzene ring substituents is 1. The summed E-state index contributed by atoms with van der Waals surface area (Å²) in [5, 5.41) is 13.3. The van der Waals surface area contributed by atoms with Crippen molar-refractivity contribution >= 4 is 23.3 Å². The molecule has 1 aliphatic rings. The summed E-state index contributed by atoms with van der Waals surface area (Å²) in [6.07, 6.45) is 1.85. The summed E-state index contributed by atoms with van der Waals surface area (Å²) in [5.41, 5.74) is 5.66. The normalized spacial score (nSPS) is 15.4. The van der Waals surface area contributed by atoms with Gasteiger partial charge in [-0.1, -0.05) is 0 Å². The summed E-state index contributed by atoms with van der Waals surface area (Å²) in [7, 11) is 0. The Morgan fingerprint density at radius 1 is 1.27 bits per heavy atom. The number of nitro groups is 1. The average Bonchev–Trinajstić information content (AvgIpc) is 2.48. The average molecular weight is 306 g/mol. The van der Waals surface area contributed by atoms with Crippen molar-refractivity contribution in [3.8, 4) is 0 Å². The van der Waals surface area contributed by atoms with Gasteiger partial charge in [0.2, 0.25) is 5.91 Å². The first-order valence-corrected chi connectivity index (χ1v) is 7.04. The molecule has 0 spiro atoms. The molecule has 0 unspecified atom stereocenters. The highest BCUT2D eigenvalue weighted by molar-refractivity contribution is 5.89. The van der Waals surface area contributed by atoms with Crippen LogP contribution in [0.2, 0.25) is 0 Å². The van der Waals surface area contributed by atoms with Crippen molar-refractivity contribution < 1.29 is 14.5 Å². The van der Waals surface area contributed by atoms with Gasteiger partial charge in [-0.3, -0.25) is 14.9 Å². The number of rotatable bonds is 4. The van der Waals surface area contributed by atoms with Crippen molar-refractivity contribution in [2.24, 2.45) is 11.7 Å². The lowest BCUT2D eigenvalue weighted by Crippen LogP contribution is -2.41. The molecular formula is C14H18N4O4. The third kappa shape index (κ3) is 4.18. The van der Waals surface area contributed by atoms with Gasteiger partial charge in [0.05, 0.1) is 4.92 Å². The molecule has 0 saturated carbocycles. The molecule has 118 valence electrons. The van der Waals surface area contributed by atoms with Gasteiger partial charge in [-0.15, -0.1) is 0 Å². The van der Waals surface area contributed by atoms with Gasteiger partial charge in [0.1, 0.15) is 0 Å². The Labute approximate surface area is 127 Å². The molecule has 0 aliphatic carbocycles. The highest BCUT2D eigenvalue weighted by atomic mass is 16.6. The molecule has 0 radical (unpaired) electrons. The number of nitrogens with zero attached hydrogens (tertiary/aromatic N) is 2. The molecule has 1 fully saturated rings. The van der Waals surface area contributed by atoms with Crippen LogP contribution in [0.1, 0.15) is 19.3 Å². The molecule has 22 heavy (non-hydrogen) atoms. The molecule has 1 heterocycles. The number of hydrogen-bond acceptors (Lipinski definition) is 4. The highest BCUT2D eigenvalue weighted by Gasteiger charge is 2.23. The van der Waals surface area contributed by atoms with Crippen LogP contribution in [0.4, 0.5) is 16.2 Å². The summed E-state index contributed by atoms with van der Waals surface area (Å²) in [6, 6.07) is 5.43. The standard InChI is InChI=1S/C14H18N4O4/c15-13(19)9-10-5-7-17(8-6-10)14(20)16-11-1-3-12(4-2-11)18(21)22/h1-4,10H,5-9H2,(H2,15,19)(H,16,20). The zero-order chi connectivity index (χ0) is 16.1. The van der Waals surface area contributed by atoms with E-state index in [1.54, 1.807) is 4.90 Å². The molecule has 3 N–H and O–H groups in total. The molecule has 1 aromatic carbocycles. The zero-order valence-corrected chi connectivity index (χ0v) is 12.0. The Balaban J connectivity index is 1.85. The number of nitrogens with two attached hydrogens (primary N) is 1. The molecule has 8 nitrogen and oxygen atoms in total. The van der Waals surface area contributed by atoms with E-state index in [4.69, 9.17) is 5.73 Å². The smallest absolute Gasteiger partial charge is 0.321 e. The minimum absolute atomic E-state index is 0.0229. The SMILES string of the molecule is NC(=O)CC1CCN(C(=O)Nc2ccc([N+](=O)[O-])cc2)CC1. The number of piperidine rings is 1. The third-order valence-corrected chi connectivity index (χ3v) is 3.72. The Morgan fingerprint density at radius 2 is 1.86 bits per heavy atom. The van der Waals surface area contributed by atoms with E-state index in [2.05, 4.69) is 5.32 Å². The lowest BCUT2D eigenvalue weighted by molar-refractivity contribution is -0.384. The van der Waals surface area contributed by atoms with Crippen molar-refractivity contribution in [1.82, 2.24) is 4.90 Å². The summed E-state index contributed by atoms with van der Waals surface area (Å²) < 4.78 is 0. The maximum atomic E-state index is 12.1. The third-order valence-electron chi connectivity index (χ3n) is 3.72. The number of urea groups is 1. The fourth-order valence-electron chi connectivity index (χ4n) is 2.49. The number of primary amides is 1. The van der Waals surface area contributed by atoms with Crippen molar-refractivity contribution in [2.75, 3.05) is 18.4 Å². The van der Waals surface area contributed by atoms with Gasteiger partial charge >= 0.3 is 6.03 Å². The number of nitro benzene ring substituents is 1. The van der Waals surface area contributed by atoms with Crippen molar-refractivity contribution in [3.05, 3.63) is 34.4 Å². The van der Waals surface area contributed by atoms with Crippen LogP contribution in [0, 0.1) is 16.0 Å². The first-order chi connectivity index (χ1) is 10.5. The topological polar surface area (TPSA) is 119 Å². The summed E-state index contributed by atoms with van der Waals surface area (Å²) in [5.74, 6) is -0.0743. The second-order valence-corrected chi connectivity index (χ2v) is 5.33. The van der Waals surface area contributed by atoms with Gasteiger partial charge in [0.15, 0.2) is 0 Å². The molecule has 1 aromatic rings. The van der Waals surface area contributed by atoms with Gasteiger partial charge in [-0.25, -0.2) is 4.79 Å². The van der Waals surface area contributed by atoms with E-state index in [1.807, 2.05) is 0 Å². The zero-order valence-electron chi connectivity index (χ0n) is 12.0. The minimum Gasteiger partial charge on any atom is -0.370 e. The first kappa shape index (κ1) is 15.7. The fourth-order valence-corrected chi connectivity index (χ4v) is 2.49. The lowest BCUT2D eigenvalue weighted by Gasteiger charge is -2.31. The van der Waals surface area contributed by atoms with E-state index in [-0.39, 0.29) is 23.5 Å². The number of likely N-dealkylation sites (tertiary alicyclic amines) is 1. The number of hydrogen-bond donors (Lipinski definition) is 2. The number of nitrogens with one attached hydrogen (secondary N) is 1. The van der Waals surface area contributed by atoms with E-state index >= 15 is 0 Å². The van der Waals surface area contributed by atoms with Crippen molar-refractivity contribution in [2.45, 2.75) is 19.3 Å². The number of benzene rings is 1. The molecule has 1 aliphatic heterocycles. The Morgan fingerprint density at radius 3 is 2.36 bits per heavy atom. The van der Waals surface area contributed by atoms with E-state index in [1.165, 1.54) is 24.3 Å². The van der Waals surface area contributed by atoms with Gasteiger partial charge in [-0.2, -0.15) is 0 Å². The van der Waals surface area contributed by atoms with Gasteiger partial charge in [0.25, 0.3) is 5.69 Å². The molecule has 0 aromatic heterocycles. The maximum Gasteiger partial charge on any atom is 0.321 e. The predicted molar refractivity (Wildman–Crippen MR) is 80.2 cm³/mol.